The summed E-state index contributed by atoms with van der Waals surface area (Å²) < 4.78 is 5.52. The highest BCUT2D eigenvalue weighted by atomic mass is 35.5. The van der Waals surface area contributed by atoms with E-state index < -0.39 is 0 Å². The predicted molar refractivity (Wildman–Crippen MR) is 121 cm³/mol. The lowest BCUT2D eigenvalue weighted by molar-refractivity contribution is -0.124. The quantitative estimate of drug-likeness (QED) is 0.578. The summed E-state index contributed by atoms with van der Waals surface area (Å²) in [5.74, 6) is 1.43. The lowest BCUT2D eigenvalue weighted by atomic mass is 9.91. The molecule has 2 N–H and O–H groups in total. The van der Waals surface area contributed by atoms with Gasteiger partial charge in [-0.1, -0.05) is 35.9 Å². The Morgan fingerprint density at radius 2 is 1.83 bits per heavy atom. The van der Waals surface area contributed by atoms with E-state index in [0.717, 1.165) is 37.0 Å². The number of rotatable bonds is 6. The van der Waals surface area contributed by atoms with Crippen LogP contribution >= 0.6 is 11.6 Å². The first-order chi connectivity index (χ1) is 14.6. The number of nitrogens with zero attached hydrogens (tertiary/aromatic N) is 1. The van der Waals surface area contributed by atoms with Crippen molar-refractivity contribution in [3.05, 3.63) is 65.2 Å². The van der Waals surface area contributed by atoms with E-state index in [1.165, 1.54) is 10.9 Å². The van der Waals surface area contributed by atoms with Gasteiger partial charge in [-0.2, -0.15) is 0 Å². The molecular weight excluding hydrogens is 398 g/mol. The third-order valence-electron chi connectivity index (χ3n) is 5.53. The highest BCUT2D eigenvalue weighted by molar-refractivity contribution is 6.30. The first kappa shape index (κ1) is 20.5. The Morgan fingerprint density at radius 3 is 2.63 bits per heavy atom. The lowest BCUT2D eigenvalue weighted by Gasteiger charge is -2.30. The van der Waals surface area contributed by atoms with Crippen LogP contribution in [0, 0.1) is 6.92 Å². The molecule has 0 unspecified atom stereocenters. The van der Waals surface area contributed by atoms with Crippen molar-refractivity contribution < 1.29 is 9.53 Å². The number of fused-ring (bicyclic) bond motifs is 1. The van der Waals surface area contributed by atoms with E-state index >= 15 is 0 Å². The first-order valence-electron chi connectivity index (χ1n) is 10.4. The van der Waals surface area contributed by atoms with Crippen LogP contribution in [0.15, 0.2) is 54.6 Å². The van der Waals surface area contributed by atoms with Crippen LogP contribution in [0.25, 0.3) is 10.9 Å². The van der Waals surface area contributed by atoms with Gasteiger partial charge in [0.05, 0.1) is 5.52 Å². The number of hydrogen-bond donors (Lipinski definition) is 2. The second kappa shape index (κ2) is 9.35. The molecule has 1 heterocycles. The molecule has 1 fully saturated rings. The summed E-state index contributed by atoms with van der Waals surface area (Å²) in [6.45, 7) is 2.12. The number of halogens is 1. The summed E-state index contributed by atoms with van der Waals surface area (Å²) in [6.07, 6.45) is 3.86. The van der Waals surface area contributed by atoms with Gasteiger partial charge in [-0.15, -0.1) is 0 Å². The summed E-state index contributed by atoms with van der Waals surface area (Å²) in [5.41, 5.74) is 2.24. The lowest BCUT2D eigenvalue weighted by Crippen LogP contribution is -2.42. The number of amides is 1. The Bertz CT molecular complexity index is 1030. The molecule has 2 aromatic carbocycles. The number of ether oxygens (including phenoxy) is 1. The van der Waals surface area contributed by atoms with Crippen molar-refractivity contribution in [1.29, 1.82) is 0 Å². The van der Waals surface area contributed by atoms with E-state index in [4.69, 9.17) is 21.3 Å². The number of para-hydroxylation sites is 1. The molecule has 6 heteroatoms. The Balaban J connectivity index is 1.24. The van der Waals surface area contributed by atoms with Crippen LogP contribution in [-0.2, 0) is 4.79 Å². The fourth-order valence-corrected chi connectivity index (χ4v) is 4.17. The number of aromatic nitrogens is 1. The Morgan fingerprint density at radius 1 is 1.07 bits per heavy atom. The Kier molecular flexibility index (Phi) is 6.38. The number of carbonyl (C=O) groups is 1. The molecule has 0 radical (unpaired) electrons. The monoisotopic (exact) mass is 423 g/mol. The minimum atomic E-state index is -0.0989. The van der Waals surface area contributed by atoms with E-state index in [1.54, 1.807) is 24.3 Å². The molecule has 4 rings (SSSR count). The van der Waals surface area contributed by atoms with E-state index in [2.05, 4.69) is 29.7 Å². The molecule has 156 valence electrons. The summed E-state index contributed by atoms with van der Waals surface area (Å²) in [5, 5.41) is 8.44. The average Bonchev–Trinajstić information content (AvgIpc) is 2.74. The molecule has 30 heavy (non-hydrogen) atoms. The smallest absolute Gasteiger partial charge is 0.258 e. The van der Waals surface area contributed by atoms with Gasteiger partial charge in [0.2, 0.25) is 0 Å². The van der Waals surface area contributed by atoms with Crippen LogP contribution < -0.4 is 15.4 Å². The Labute approximate surface area is 181 Å². The van der Waals surface area contributed by atoms with Gasteiger partial charge in [-0.3, -0.25) is 4.79 Å². The molecule has 1 aliphatic rings. The zero-order valence-corrected chi connectivity index (χ0v) is 17.8. The summed E-state index contributed by atoms with van der Waals surface area (Å²) >= 11 is 5.93. The van der Waals surface area contributed by atoms with Crippen molar-refractivity contribution in [3.63, 3.8) is 0 Å². The van der Waals surface area contributed by atoms with Crippen LogP contribution in [0.3, 0.4) is 0 Å². The molecule has 1 aliphatic carbocycles. The van der Waals surface area contributed by atoms with Crippen molar-refractivity contribution in [2.75, 3.05) is 11.9 Å². The van der Waals surface area contributed by atoms with Crippen LogP contribution in [0.1, 0.15) is 31.2 Å². The number of carbonyl (C=O) groups excluding carboxylic acids is 1. The zero-order valence-electron chi connectivity index (χ0n) is 17.0. The van der Waals surface area contributed by atoms with Gasteiger partial charge in [-0.05, 0) is 68.5 Å². The molecular formula is C24H26ClN3O2. The van der Waals surface area contributed by atoms with Crippen molar-refractivity contribution in [3.8, 4) is 5.75 Å². The fourth-order valence-electron chi connectivity index (χ4n) is 3.99. The summed E-state index contributed by atoms with van der Waals surface area (Å²) in [7, 11) is 0. The van der Waals surface area contributed by atoms with E-state index in [1.807, 2.05) is 18.2 Å². The first-order valence-corrected chi connectivity index (χ1v) is 10.8. The minimum Gasteiger partial charge on any atom is -0.484 e. The molecule has 0 aliphatic heterocycles. The molecule has 0 atom stereocenters. The molecule has 0 bridgehead atoms. The third-order valence-corrected chi connectivity index (χ3v) is 5.77. The minimum absolute atomic E-state index is 0.00118. The average molecular weight is 424 g/mol. The maximum atomic E-state index is 12.2. The fraction of sp³-hybridized carbons (Fsp3) is 0.333. The normalized spacial score (nSPS) is 18.7. The molecule has 1 saturated carbocycles. The van der Waals surface area contributed by atoms with E-state index in [-0.39, 0.29) is 18.6 Å². The van der Waals surface area contributed by atoms with Gasteiger partial charge < -0.3 is 15.4 Å². The number of pyridine rings is 1. The highest BCUT2D eigenvalue weighted by Gasteiger charge is 2.23. The number of aryl methyl sites for hydroxylation is 1. The maximum absolute atomic E-state index is 12.2. The molecule has 1 aromatic heterocycles. The van der Waals surface area contributed by atoms with Gasteiger partial charge in [0.1, 0.15) is 11.6 Å². The standard InChI is InChI=1S/C24H26ClN3O2/c1-16-13-23(28-22-8-3-2-7-21(16)22)26-18-9-11-19(12-10-18)27-24(29)15-30-20-6-4-5-17(25)14-20/h2-8,13-14,18-19H,9-12,15H2,1H3,(H,26,28)(H,27,29)/t18-,19+. The zero-order chi connectivity index (χ0) is 20.9. The van der Waals surface area contributed by atoms with Gasteiger partial charge in [0.25, 0.3) is 5.91 Å². The number of nitrogens with one attached hydrogen (secondary N) is 2. The van der Waals surface area contributed by atoms with Crippen molar-refractivity contribution in [2.45, 2.75) is 44.7 Å². The summed E-state index contributed by atoms with van der Waals surface area (Å²) in [6, 6.07) is 17.9. The van der Waals surface area contributed by atoms with E-state index in [9.17, 15) is 4.79 Å². The highest BCUT2D eigenvalue weighted by Crippen LogP contribution is 2.25. The van der Waals surface area contributed by atoms with Crippen LogP contribution in [0.4, 0.5) is 5.82 Å². The van der Waals surface area contributed by atoms with Crippen molar-refractivity contribution >= 4 is 34.2 Å². The number of benzene rings is 2. The van der Waals surface area contributed by atoms with Crippen LogP contribution in [0.5, 0.6) is 5.75 Å². The molecule has 0 spiro atoms. The SMILES string of the molecule is Cc1cc(N[C@H]2CC[C@@H](NC(=O)COc3cccc(Cl)c3)CC2)nc2ccccc12. The van der Waals surface area contributed by atoms with Crippen molar-refractivity contribution in [2.24, 2.45) is 0 Å². The van der Waals surface area contributed by atoms with Gasteiger partial charge in [0.15, 0.2) is 6.61 Å². The van der Waals surface area contributed by atoms with Gasteiger partial charge in [-0.25, -0.2) is 4.98 Å². The predicted octanol–water partition coefficient (Wildman–Crippen LogP) is 5.11. The second-order valence-corrected chi connectivity index (χ2v) is 8.28. The van der Waals surface area contributed by atoms with Crippen LogP contribution in [0.2, 0.25) is 5.02 Å². The molecule has 5 nitrogen and oxygen atoms in total. The van der Waals surface area contributed by atoms with E-state index in [0.29, 0.717) is 16.8 Å². The third kappa shape index (κ3) is 5.22. The van der Waals surface area contributed by atoms with Crippen LogP contribution in [-0.4, -0.2) is 29.6 Å². The van der Waals surface area contributed by atoms with Gasteiger partial charge in [0, 0.05) is 22.5 Å². The Hall–Kier alpha value is -2.79. The van der Waals surface area contributed by atoms with Gasteiger partial charge >= 0.3 is 0 Å². The molecule has 1 amide bonds. The summed E-state index contributed by atoms with van der Waals surface area (Å²) in [4.78, 5) is 17.0. The maximum Gasteiger partial charge on any atom is 0.258 e. The number of hydrogen-bond acceptors (Lipinski definition) is 4. The molecule has 3 aromatic rings. The molecule has 0 saturated heterocycles. The van der Waals surface area contributed by atoms with Crippen molar-refractivity contribution in [1.82, 2.24) is 10.3 Å². The number of anilines is 1. The second-order valence-electron chi connectivity index (χ2n) is 7.85. The largest absolute Gasteiger partial charge is 0.484 e. The topological polar surface area (TPSA) is 63.2 Å².